The molecule has 0 spiro atoms. The van der Waals surface area contributed by atoms with Crippen LogP contribution < -0.4 is 5.32 Å². The van der Waals surface area contributed by atoms with Crippen molar-refractivity contribution in [3.05, 3.63) is 24.0 Å². The molecule has 1 aromatic rings. The van der Waals surface area contributed by atoms with Crippen molar-refractivity contribution in [3.63, 3.8) is 0 Å². The standard InChI is InChI=1S/C12H18N2O4S/c1-12(2,3)18-11(15)14-9-5-6-13-10(7-9)8-19(4,16)17/h5-7H,8H2,1-4H3,(H,13,14,15). The largest absolute Gasteiger partial charge is 0.444 e. The van der Waals surface area contributed by atoms with Gasteiger partial charge in [-0.3, -0.25) is 10.3 Å². The smallest absolute Gasteiger partial charge is 0.412 e. The molecule has 1 amide bonds. The Morgan fingerprint density at radius 1 is 1.42 bits per heavy atom. The van der Waals surface area contributed by atoms with Gasteiger partial charge in [-0.2, -0.15) is 0 Å². The van der Waals surface area contributed by atoms with Gasteiger partial charge >= 0.3 is 6.09 Å². The summed E-state index contributed by atoms with van der Waals surface area (Å²) in [6.45, 7) is 5.27. The zero-order valence-electron chi connectivity index (χ0n) is 11.4. The highest BCUT2D eigenvalue weighted by molar-refractivity contribution is 7.89. The van der Waals surface area contributed by atoms with Crippen LogP contribution >= 0.6 is 0 Å². The average molecular weight is 286 g/mol. The molecule has 0 radical (unpaired) electrons. The van der Waals surface area contributed by atoms with Crippen LogP contribution in [0.1, 0.15) is 26.5 Å². The molecule has 0 aliphatic heterocycles. The molecule has 19 heavy (non-hydrogen) atoms. The van der Waals surface area contributed by atoms with Crippen LogP contribution in [0.25, 0.3) is 0 Å². The number of carbonyl (C=O) groups excluding carboxylic acids is 1. The summed E-state index contributed by atoms with van der Waals surface area (Å²) in [4.78, 5) is 15.5. The van der Waals surface area contributed by atoms with E-state index in [9.17, 15) is 13.2 Å². The highest BCUT2D eigenvalue weighted by atomic mass is 32.2. The van der Waals surface area contributed by atoms with Gasteiger partial charge in [0.15, 0.2) is 9.84 Å². The molecule has 1 rings (SSSR count). The van der Waals surface area contributed by atoms with Crippen molar-refractivity contribution in [2.75, 3.05) is 11.6 Å². The Morgan fingerprint density at radius 3 is 2.58 bits per heavy atom. The lowest BCUT2D eigenvalue weighted by atomic mass is 10.2. The van der Waals surface area contributed by atoms with E-state index in [1.807, 2.05) is 0 Å². The second kappa shape index (κ2) is 5.56. The van der Waals surface area contributed by atoms with Crippen molar-refractivity contribution in [2.45, 2.75) is 32.1 Å². The molecule has 6 nitrogen and oxygen atoms in total. The number of nitrogens with one attached hydrogen (secondary N) is 1. The first-order valence-electron chi connectivity index (χ1n) is 5.68. The molecule has 1 N–H and O–H groups in total. The number of ether oxygens (including phenoxy) is 1. The summed E-state index contributed by atoms with van der Waals surface area (Å²) in [7, 11) is -3.16. The number of rotatable bonds is 3. The fourth-order valence-corrected chi connectivity index (χ4v) is 2.02. The fraction of sp³-hybridized carbons (Fsp3) is 0.500. The van der Waals surface area contributed by atoms with E-state index in [2.05, 4.69) is 10.3 Å². The molecule has 1 heterocycles. The summed E-state index contributed by atoms with van der Waals surface area (Å²) in [6, 6.07) is 3.07. The molecule has 1 aromatic heterocycles. The third-order valence-corrected chi connectivity index (χ3v) is 2.69. The lowest BCUT2D eigenvalue weighted by Gasteiger charge is -2.19. The first-order valence-corrected chi connectivity index (χ1v) is 7.74. The molecule has 0 saturated carbocycles. The number of sulfone groups is 1. The maximum Gasteiger partial charge on any atom is 0.412 e. The van der Waals surface area contributed by atoms with Crippen LogP contribution in [0.2, 0.25) is 0 Å². The van der Waals surface area contributed by atoms with E-state index in [4.69, 9.17) is 4.74 Å². The predicted molar refractivity (Wildman–Crippen MR) is 72.6 cm³/mol. The number of pyridine rings is 1. The van der Waals surface area contributed by atoms with Gasteiger partial charge in [0.1, 0.15) is 5.60 Å². The van der Waals surface area contributed by atoms with Crippen LogP contribution in [-0.4, -0.2) is 31.4 Å². The van der Waals surface area contributed by atoms with E-state index < -0.39 is 21.5 Å². The zero-order chi connectivity index (χ0) is 14.7. The summed E-state index contributed by atoms with van der Waals surface area (Å²) >= 11 is 0. The Labute approximate surface area is 113 Å². The van der Waals surface area contributed by atoms with Gasteiger partial charge in [0.2, 0.25) is 0 Å². The molecule has 0 aliphatic carbocycles. The number of hydrogen-bond acceptors (Lipinski definition) is 5. The normalized spacial score (nSPS) is 12.0. The predicted octanol–water partition coefficient (Wildman–Crippen LogP) is 1.97. The van der Waals surface area contributed by atoms with E-state index >= 15 is 0 Å². The third-order valence-electron chi connectivity index (χ3n) is 1.87. The van der Waals surface area contributed by atoms with Gasteiger partial charge in [-0.15, -0.1) is 0 Å². The number of nitrogens with zero attached hydrogens (tertiary/aromatic N) is 1. The molecule has 0 aromatic carbocycles. The first kappa shape index (κ1) is 15.4. The van der Waals surface area contributed by atoms with Crippen LogP contribution in [0.4, 0.5) is 10.5 Å². The van der Waals surface area contributed by atoms with Crippen LogP contribution in [0.5, 0.6) is 0 Å². The number of anilines is 1. The van der Waals surface area contributed by atoms with Gasteiger partial charge in [0.25, 0.3) is 0 Å². The van der Waals surface area contributed by atoms with E-state index in [0.29, 0.717) is 11.4 Å². The minimum Gasteiger partial charge on any atom is -0.444 e. The maximum absolute atomic E-state index is 11.6. The highest BCUT2D eigenvalue weighted by Gasteiger charge is 2.16. The molecular weight excluding hydrogens is 268 g/mol. The highest BCUT2D eigenvalue weighted by Crippen LogP contribution is 2.13. The summed E-state index contributed by atoms with van der Waals surface area (Å²) in [5.74, 6) is -0.170. The van der Waals surface area contributed by atoms with Crippen molar-refractivity contribution in [1.29, 1.82) is 0 Å². The summed E-state index contributed by atoms with van der Waals surface area (Å²) in [5, 5.41) is 2.53. The second-order valence-electron chi connectivity index (χ2n) is 5.23. The Hall–Kier alpha value is -1.63. The Morgan fingerprint density at radius 2 is 2.05 bits per heavy atom. The van der Waals surface area contributed by atoms with Crippen molar-refractivity contribution >= 4 is 21.6 Å². The van der Waals surface area contributed by atoms with Crippen molar-refractivity contribution in [1.82, 2.24) is 4.98 Å². The van der Waals surface area contributed by atoms with Gasteiger partial charge in [-0.25, -0.2) is 13.2 Å². The van der Waals surface area contributed by atoms with Crippen molar-refractivity contribution < 1.29 is 17.9 Å². The van der Waals surface area contributed by atoms with E-state index in [-0.39, 0.29) is 5.75 Å². The van der Waals surface area contributed by atoms with E-state index in [0.717, 1.165) is 6.26 Å². The van der Waals surface area contributed by atoms with Crippen LogP contribution in [0.3, 0.4) is 0 Å². The molecule has 0 bridgehead atoms. The molecule has 7 heteroatoms. The fourth-order valence-electron chi connectivity index (χ4n) is 1.32. The Balaban J connectivity index is 2.75. The minimum atomic E-state index is -3.16. The summed E-state index contributed by atoms with van der Waals surface area (Å²) in [6.07, 6.45) is 1.97. The molecular formula is C12H18N2O4S. The SMILES string of the molecule is CC(C)(C)OC(=O)Nc1ccnc(CS(C)(=O)=O)c1. The lowest BCUT2D eigenvalue weighted by molar-refractivity contribution is 0.0636. The van der Waals surface area contributed by atoms with E-state index in [1.54, 1.807) is 26.8 Å². The van der Waals surface area contributed by atoms with Gasteiger partial charge in [-0.1, -0.05) is 0 Å². The van der Waals surface area contributed by atoms with Gasteiger partial charge in [0, 0.05) is 18.1 Å². The van der Waals surface area contributed by atoms with Crippen LogP contribution in [0, 0.1) is 0 Å². The van der Waals surface area contributed by atoms with Crippen molar-refractivity contribution in [2.24, 2.45) is 0 Å². The van der Waals surface area contributed by atoms with Gasteiger partial charge in [-0.05, 0) is 32.9 Å². The quantitative estimate of drug-likeness (QED) is 0.918. The van der Waals surface area contributed by atoms with Crippen LogP contribution in [0.15, 0.2) is 18.3 Å². The molecule has 0 saturated heterocycles. The number of carbonyl (C=O) groups is 1. The topological polar surface area (TPSA) is 85.4 Å². The number of hydrogen-bond donors (Lipinski definition) is 1. The second-order valence-corrected chi connectivity index (χ2v) is 7.37. The third kappa shape index (κ3) is 6.76. The van der Waals surface area contributed by atoms with Gasteiger partial charge in [0.05, 0.1) is 11.4 Å². The zero-order valence-corrected chi connectivity index (χ0v) is 12.2. The first-order chi connectivity index (χ1) is 8.55. The molecule has 0 atom stereocenters. The minimum absolute atomic E-state index is 0.170. The number of amides is 1. The lowest BCUT2D eigenvalue weighted by Crippen LogP contribution is -2.27. The number of aromatic nitrogens is 1. The molecule has 0 aliphatic rings. The average Bonchev–Trinajstić information content (AvgIpc) is 2.11. The van der Waals surface area contributed by atoms with E-state index in [1.165, 1.54) is 12.3 Å². The summed E-state index contributed by atoms with van der Waals surface area (Å²) in [5.41, 5.74) is 0.228. The molecule has 0 fully saturated rings. The van der Waals surface area contributed by atoms with Crippen LogP contribution in [-0.2, 0) is 20.3 Å². The molecule has 0 unspecified atom stereocenters. The van der Waals surface area contributed by atoms with Crippen molar-refractivity contribution in [3.8, 4) is 0 Å². The Kier molecular flexibility index (Phi) is 4.52. The van der Waals surface area contributed by atoms with Gasteiger partial charge < -0.3 is 4.74 Å². The maximum atomic E-state index is 11.6. The Bertz CT molecular complexity index is 561. The molecule has 106 valence electrons. The monoisotopic (exact) mass is 286 g/mol. The summed E-state index contributed by atoms with van der Waals surface area (Å²) < 4.78 is 27.4.